The minimum atomic E-state index is 0.298. The van der Waals surface area contributed by atoms with Crippen LogP contribution >= 0.6 is 11.6 Å². The molecule has 0 saturated heterocycles. The molecule has 0 saturated carbocycles. The maximum atomic E-state index is 5.97. The van der Waals surface area contributed by atoms with E-state index in [1.54, 1.807) is 0 Å². The maximum absolute atomic E-state index is 5.97. The van der Waals surface area contributed by atoms with E-state index in [9.17, 15) is 0 Å². The number of hydrogen-bond donors (Lipinski definition) is 1. The molecule has 0 aliphatic heterocycles. The number of anilines is 1. The summed E-state index contributed by atoms with van der Waals surface area (Å²) in [5.41, 5.74) is 3.51. The summed E-state index contributed by atoms with van der Waals surface area (Å²) >= 11 is 5.97. The third kappa shape index (κ3) is 3.54. The molecule has 2 aromatic rings. The van der Waals surface area contributed by atoms with Crippen LogP contribution in [0.3, 0.4) is 0 Å². The van der Waals surface area contributed by atoms with Gasteiger partial charge in [-0.15, -0.1) is 0 Å². The van der Waals surface area contributed by atoms with E-state index in [0.717, 1.165) is 35.7 Å². The number of aryl methyl sites for hydroxylation is 2. The van der Waals surface area contributed by atoms with Crippen molar-refractivity contribution in [1.29, 1.82) is 0 Å². The van der Waals surface area contributed by atoms with E-state index in [1.807, 2.05) is 23.9 Å². The quantitative estimate of drug-likeness (QED) is 0.843. The molecule has 108 valence electrons. The van der Waals surface area contributed by atoms with Gasteiger partial charge in [-0.3, -0.25) is 4.68 Å². The molecule has 3 nitrogen and oxygen atoms in total. The van der Waals surface area contributed by atoms with Gasteiger partial charge in [-0.1, -0.05) is 44.0 Å². The number of hydrogen-bond acceptors (Lipinski definition) is 2. The van der Waals surface area contributed by atoms with Crippen LogP contribution in [-0.2, 0) is 13.5 Å². The first-order valence-electron chi connectivity index (χ1n) is 7.18. The van der Waals surface area contributed by atoms with Gasteiger partial charge in [0.15, 0.2) is 0 Å². The SMILES string of the molecule is CCCC(Nc1cn(C)nc1CC)c1ccc(Cl)cc1. The molecule has 1 heterocycles. The third-order valence-corrected chi connectivity index (χ3v) is 3.67. The molecule has 0 radical (unpaired) electrons. The second-order valence-electron chi connectivity index (χ2n) is 5.05. The fourth-order valence-corrected chi connectivity index (χ4v) is 2.54. The van der Waals surface area contributed by atoms with Gasteiger partial charge in [-0.2, -0.15) is 5.10 Å². The number of halogens is 1. The van der Waals surface area contributed by atoms with Gasteiger partial charge in [0.2, 0.25) is 0 Å². The lowest BCUT2D eigenvalue weighted by Crippen LogP contribution is -2.11. The molecular weight excluding hydrogens is 270 g/mol. The molecule has 0 spiro atoms. The minimum absolute atomic E-state index is 0.298. The average molecular weight is 292 g/mol. The number of benzene rings is 1. The zero-order valence-corrected chi connectivity index (χ0v) is 13.1. The van der Waals surface area contributed by atoms with Crippen molar-refractivity contribution in [2.45, 2.75) is 39.2 Å². The Morgan fingerprint density at radius 1 is 1.25 bits per heavy atom. The fourth-order valence-electron chi connectivity index (χ4n) is 2.41. The zero-order valence-electron chi connectivity index (χ0n) is 12.4. The zero-order chi connectivity index (χ0) is 14.5. The lowest BCUT2D eigenvalue weighted by atomic mass is 10.0. The second kappa shape index (κ2) is 6.80. The first-order valence-corrected chi connectivity index (χ1v) is 7.56. The van der Waals surface area contributed by atoms with Crippen molar-refractivity contribution in [3.63, 3.8) is 0 Å². The molecule has 0 aliphatic carbocycles. The van der Waals surface area contributed by atoms with Crippen molar-refractivity contribution in [3.05, 3.63) is 46.7 Å². The molecule has 0 amide bonds. The van der Waals surface area contributed by atoms with E-state index in [1.165, 1.54) is 5.56 Å². The van der Waals surface area contributed by atoms with E-state index in [-0.39, 0.29) is 0 Å². The molecule has 2 rings (SSSR count). The summed E-state index contributed by atoms with van der Waals surface area (Å²) in [6.45, 7) is 4.33. The Hall–Kier alpha value is -1.48. The molecule has 1 unspecified atom stereocenters. The number of nitrogens with one attached hydrogen (secondary N) is 1. The third-order valence-electron chi connectivity index (χ3n) is 3.42. The first-order chi connectivity index (χ1) is 9.63. The van der Waals surface area contributed by atoms with Crippen LogP contribution in [0.1, 0.15) is 44.0 Å². The Morgan fingerprint density at radius 3 is 2.55 bits per heavy atom. The summed E-state index contributed by atoms with van der Waals surface area (Å²) in [7, 11) is 1.96. The molecule has 1 aromatic carbocycles. The van der Waals surface area contributed by atoms with Crippen LogP contribution in [0.4, 0.5) is 5.69 Å². The smallest absolute Gasteiger partial charge is 0.0853 e. The molecule has 1 aromatic heterocycles. The second-order valence-corrected chi connectivity index (χ2v) is 5.49. The topological polar surface area (TPSA) is 29.9 Å². The van der Waals surface area contributed by atoms with Crippen LogP contribution in [0, 0.1) is 0 Å². The first kappa shape index (κ1) is 14.9. The van der Waals surface area contributed by atoms with Crippen LogP contribution in [-0.4, -0.2) is 9.78 Å². The van der Waals surface area contributed by atoms with E-state index in [2.05, 4.69) is 42.6 Å². The summed E-state index contributed by atoms with van der Waals surface area (Å²) in [6, 6.07) is 8.39. The predicted octanol–water partition coefficient (Wildman–Crippen LogP) is 4.59. The van der Waals surface area contributed by atoms with Gasteiger partial charge >= 0.3 is 0 Å². The van der Waals surface area contributed by atoms with Crippen LogP contribution < -0.4 is 5.32 Å². The average Bonchev–Trinajstić information content (AvgIpc) is 2.79. The molecule has 0 fully saturated rings. The highest BCUT2D eigenvalue weighted by atomic mass is 35.5. The monoisotopic (exact) mass is 291 g/mol. The number of rotatable bonds is 6. The maximum Gasteiger partial charge on any atom is 0.0853 e. The van der Waals surface area contributed by atoms with Crippen LogP contribution in [0.5, 0.6) is 0 Å². The van der Waals surface area contributed by atoms with Crippen molar-refractivity contribution in [2.75, 3.05) is 5.32 Å². The molecular formula is C16H22ClN3. The largest absolute Gasteiger partial charge is 0.375 e. The van der Waals surface area contributed by atoms with Crippen molar-refractivity contribution >= 4 is 17.3 Å². The van der Waals surface area contributed by atoms with Crippen LogP contribution in [0.2, 0.25) is 5.02 Å². The normalized spacial score (nSPS) is 12.4. The fraction of sp³-hybridized carbons (Fsp3) is 0.438. The van der Waals surface area contributed by atoms with Crippen molar-refractivity contribution in [3.8, 4) is 0 Å². The van der Waals surface area contributed by atoms with Gasteiger partial charge in [0, 0.05) is 18.3 Å². The molecule has 0 aliphatic rings. The van der Waals surface area contributed by atoms with Crippen molar-refractivity contribution in [2.24, 2.45) is 7.05 Å². The highest BCUT2D eigenvalue weighted by molar-refractivity contribution is 6.30. The summed E-state index contributed by atoms with van der Waals surface area (Å²) in [5, 5.41) is 8.89. The molecule has 1 atom stereocenters. The van der Waals surface area contributed by atoms with Gasteiger partial charge in [-0.25, -0.2) is 0 Å². The standard InChI is InChI=1S/C16H22ClN3/c1-4-6-15(12-7-9-13(17)10-8-12)18-16-11-20(3)19-14(16)5-2/h7-11,15,18H,4-6H2,1-3H3. The highest BCUT2D eigenvalue weighted by Gasteiger charge is 2.14. The number of aromatic nitrogens is 2. The van der Waals surface area contributed by atoms with Crippen molar-refractivity contribution in [1.82, 2.24) is 9.78 Å². The molecule has 1 N–H and O–H groups in total. The van der Waals surface area contributed by atoms with E-state index < -0.39 is 0 Å². The Morgan fingerprint density at radius 2 is 1.95 bits per heavy atom. The Labute approximate surface area is 126 Å². The Balaban J connectivity index is 2.22. The van der Waals surface area contributed by atoms with E-state index in [0.29, 0.717) is 6.04 Å². The summed E-state index contributed by atoms with van der Waals surface area (Å²) in [4.78, 5) is 0. The van der Waals surface area contributed by atoms with Gasteiger partial charge in [0.25, 0.3) is 0 Å². The lowest BCUT2D eigenvalue weighted by molar-refractivity contribution is 0.676. The minimum Gasteiger partial charge on any atom is -0.375 e. The van der Waals surface area contributed by atoms with Gasteiger partial charge in [0.05, 0.1) is 17.4 Å². The Kier molecular flexibility index (Phi) is 5.07. The molecule has 20 heavy (non-hydrogen) atoms. The highest BCUT2D eigenvalue weighted by Crippen LogP contribution is 2.26. The van der Waals surface area contributed by atoms with Crippen LogP contribution in [0.25, 0.3) is 0 Å². The summed E-state index contributed by atoms with van der Waals surface area (Å²) in [5.74, 6) is 0. The Bertz CT molecular complexity index is 545. The summed E-state index contributed by atoms with van der Waals surface area (Å²) < 4.78 is 1.87. The van der Waals surface area contributed by atoms with E-state index in [4.69, 9.17) is 11.6 Å². The predicted molar refractivity (Wildman–Crippen MR) is 85.3 cm³/mol. The lowest BCUT2D eigenvalue weighted by Gasteiger charge is -2.19. The summed E-state index contributed by atoms with van der Waals surface area (Å²) in [6.07, 6.45) is 5.20. The van der Waals surface area contributed by atoms with E-state index >= 15 is 0 Å². The van der Waals surface area contributed by atoms with Crippen LogP contribution in [0.15, 0.2) is 30.5 Å². The van der Waals surface area contributed by atoms with Gasteiger partial charge in [-0.05, 0) is 30.5 Å². The number of nitrogens with zero attached hydrogens (tertiary/aromatic N) is 2. The molecule has 4 heteroatoms. The van der Waals surface area contributed by atoms with Gasteiger partial charge in [0.1, 0.15) is 0 Å². The van der Waals surface area contributed by atoms with Gasteiger partial charge < -0.3 is 5.32 Å². The van der Waals surface area contributed by atoms with Crippen molar-refractivity contribution < 1.29 is 0 Å². The molecule has 0 bridgehead atoms.